The monoisotopic (exact) mass is 418 g/mol. The number of carboxylic acid groups (broad SMARTS) is 1. The smallest absolute Gasteiger partial charge is 0.336 e. The fourth-order valence-corrected chi connectivity index (χ4v) is 4.93. The van der Waals surface area contributed by atoms with Gasteiger partial charge < -0.3 is 15.7 Å². The summed E-state index contributed by atoms with van der Waals surface area (Å²) in [7, 11) is 0. The highest BCUT2D eigenvalue weighted by atomic mass is 16.4. The van der Waals surface area contributed by atoms with Gasteiger partial charge in [0.2, 0.25) is 0 Å². The molecule has 31 heavy (non-hydrogen) atoms. The van der Waals surface area contributed by atoms with Gasteiger partial charge in [-0.25, -0.2) is 4.79 Å². The van der Waals surface area contributed by atoms with Gasteiger partial charge in [-0.2, -0.15) is 0 Å². The summed E-state index contributed by atoms with van der Waals surface area (Å²) >= 11 is 0. The summed E-state index contributed by atoms with van der Waals surface area (Å²) in [5, 5.41) is 16.8. The van der Waals surface area contributed by atoms with E-state index in [1.807, 2.05) is 12.1 Å². The van der Waals surface area contributed by atoms with Gasteiger partial charge >= 0.3 is 5.97 Å². The first kappa shape index (κ1) is 21.8. The third-order valence-corrected chi connectivity index (χ3v) is 6.83. The molecule has 0 heterocycles. The zero-order valence-corrected chi connectivity index (χ0v) is 18.4. The highest BCUT2D eigenvalue weighted by Crippen LogP contribution is 2.40. The van der Waals surface area contributed by atoms with E-state index < -0.39 is 5.97 Å². The number of rotatable bonds is 9. The number of carboxylic acids is 1. The quantitative estimate of drug-likeness (QED) is 0.520. The maximum atomic E-state index is 11.4. The second-order valence-corrected chi connectivity index (χ2v) is 8.99. The van der Waals surface area contributed by atoms with E-state index in [1.54, 1.807) is 17.7 Å². The van der Waals surface area contributed by atoms with Crippen LogP contribution in [0.5, 0.6) is 0 Å². The van der Waals surface area contributed by atoms with Gasteiger partial charge in [-0.05, 0) is 61.6 Å². The van der Waals surface area contributed by atoms with E-state index in [1.165, 1.54) is 24.8 Å². The normalized spacial score (nSPS) is 25.9. The number of hydrogen-bond donors (Lipinski definition) is 3. The van der Waals surface area contributed by atoms with Gasteiger partial charge in [0.25, 0.3) is 0 Å². The van der Waals surface area contributed by atoms with Crippen LogP contribution in [0.3, 0.4) is 0 Å². The van der Waals surface area contributed by atoms with E-state index in [2.05, 4.69) is 54.0 Å². The van der Waals surface area contributed by atoms with Crippen molar-refractivity contribution in [3.05, 3.63) is 76.9 Å². The van der Waals surface area contributed by atoms with E-state index in [-0.39, 0.29) is 0 Å². The minimum Gasteiger partial charge on any atom is -0.478 e. The minimum atomic E-state index is -0.850. The Morgan fingerprint density at radius 3 is 2.39 bits per heavy atom. The van der Waals surface area contributed by atoms with Crippen molar-refractivity contribution >= 4 is 12.0 Å². The molecule has 0 spiro atoms. The van der Waals surface area contributed by atoms with Gasteiger partial charge in [0.15, 0.2) is 0 Å². The predicted molar refractivity (Wildman–Crippen MR) is 126 cm³/mol. The van der Waals surface area contributed by atoms with Crippen LogP contribution in [0.25, 0.3) is 6.08 Å². The zero-order chi connectivity index (χ0) is 21.6. The number of benzene rings is 2. The Morgan fingerprint density at radius 1 is 1.00 bits per heavy atom. The Kier molecular flexibility index (Phi) is 7.21. The van der Waals surface area contributed by atoms with E-state index in [4.69, 9.17) is 0 Å². The summed E-state index contributed by atoms with van der Waals surface area (Å²) in [5.41, 5.74) is 4.14. The van der Waals surface area contributed by atoms with Crippen LogP contribution in [0.1, 0.15) is 66.9 Å². The summed E-state index contributed by atoms with van der Waals surface area (Å²) < 4.78 is 0. The first-order chi connectivity index (χ1) is 15.1. The van der Waals surface area contributed by atoms with Crippen LogP contribution in [-0.4, -0.2) is 29.2 Å². The van der Waals surface area contributed by atoms with Gasteiger partial charge in [0.1, 0.15) is 0 Å². The lowest BCUT2D eigenvalue weighted by atomic mass is 9.90. The summed E-state index contributed by atoms with van der Waals surface area (Å²) in [5.74, 6) is -0.161. The fourth-order valence-electron chi connectivity index (χ4n) is 4.93. The lowest BCUT2D eigenvalue weighted by Crippen LogP contribution is -2.41. The molecule has 2 aromatic carbocycles. The van der Waals surface area contributed by atoms with E-state index in [0.717, 1.165) is 24.8 Å². The molecule has 2 aliphatic carbocycles. The molecule has 0 radical (unpaired) electrons. The van der Waals surface area contributed by atoms with Gasteiger partial charge in [-0.1, -0.05) is 67.1 Å². The molecule has 2 aliphatic rings. The molecule has 4 heteroatoms. The van der Waals surface area contributed by atoms with Crippen molar-refractivity contribution in [2.24, 2.45) is 5.92 Å². The van der Waals surface area contributed by atoms with Crippen LogP contribution in [0, 0.1) is 5.92 Å². The lowest BCUT2D eigenvalue weighted by Gasteiger charge is -2.30. The van der Waals surface area contributed by atoms with Crippen molar-refractivity contribution in [3.63, 3.8) is 0 Å². The third kappa shape index (κ3) is 5.84. The highest BCUT2D eigenvalue weighted by Gasteiger charge is 2.40. The molecule has 2 fully saturated rings. The molecule has 0 aliphatic heterocycles. The second kappa shape index (κ2) is 10.3. The molecule has 0 bridgehead atoms. The molecule has 0 amide bonds. The third-order valence-electron chi connectivity index (χ3n) is 6.83. The maximum absolute atomic E-state index is 11.4. The molecule has 3 N–H and O–H groups in total. The molecule has 2 unspecified atom stereocenters. The summed E-state index contributed by atoms with van der Waals surface area (Å²) in [6, 6.07) is 19.6. The van der Waals surface area contributed by atoms with Crippen molar-refractivity contribution in [3.8, 4) is 0 Å². The standard InChI is InChI=1S/C27H34N2O2/c1-2-20(16-19-8-4-3-5-9-19)25-17-26(25)29-23-14-12-22(13-15-23)28-18-21-10-6-7-11-24(21)27(30)31/h3-11,16,22-23,25-26,28-29H,2,12-15,17-18H2,1H3,(H,30,31)/b20-16+. The number of nitrogens with one attached hydrogen (secondary N) is 2. The molecule has 0 aromatic heterocycles. The Morgan fingerprint density at radius 2 is 1.68 bits per heavy atom. The van der Waals surface area contributed by atoms with E-state index in [0.29, 0.717) is 36.2 Å². The van der Waals surface area contributed by atoms with Crippen LogP contribution in [-0.2, 0) is 6.54 Å². The summed E-state index contributed by atoms with van der Waals surface area (Å²) in [4.78, 5) is 11.4. The highest BCUT2D eigenvalue weighted by molar-refractivity contribution is 5.89. The van der Waals surface area contributed by atoms with Crippen LogP contribution in [0.15, 0.2) is 60.2 Å². The molecule has 2 atom stereocenters. The van der Waals surface area contributed by atoms with Crippen molar-refractivity contribution in [1.82, 2.24) is 10.6 Å². The van der Waals surface area contributed by atoms with Crippen molar-refractivity contribution in [2.45, 2.75) is 70.1 Å². The SMILES string of the molecule is CC/C(=C\c1ccccc1)C1CC1NC1CCC(NCc2ccccc2C(=O)O)CC1. The molecular weight excluding hydrogens is 384 g/mol. The number of aromatic carboxylic acids is 1. The maximum Gasteiger partial charge on any atom is 0.336 e. The minimum absolute atomic E-state index is 0.403. The largest absolute Gasteiger partial charge is 0.478 e. The molecule has 164 valence electrons. The topological polar surface area (TPSA) is 61.4 Å². The molecule has 4 nitrogen and oxygen atoms in total. The predicted octanol–water partition coefficient (Wildman–Crippen LogP) is 5.26. The van der Waals surface area contributed by atoms with E-state index in [9.17, 15) is 9.90 Å². The molecule has 2 aromatic rings. The fraction of sp³-hybridized carbons (Fsp3) is 0.444. The average molecular weight is 419 g/mol. The first-order valence-corrected chi connectivity index (χ1v) is 11.7. The Bertz CT molecular complexity index is 900. The van der Waals surface area contributed by atoms with Crippen LogP contribution in [0.2, 0.25) is 0 Å². The van der Waals surface area contributed by atoms with Crippen LogP contribution in [0.4, 0.5) is 0 Å². The zero-order valence-electron chi connectivity index (χ0n) is 18.4. The lowest BCUT2D eigenvalue weighted by molar-refractivity contribution is 0.0695. The second-order valence-electron chi connectivity index (χ2n) is 8.99. The van der Waals surface area contributed by atoms with Crippen LogP contribution < -0.4 is 10.6 Å². The molecule has 4 rings (SSSR count). The summed E-state index contributed by atoms with van der Waals surface area (Å²) in [6.45, 7) is 2.89. The van der Waals surface area contributed by atoms with Crippen molar-refractivity contribution in [2.75, 3.05) is 0 Å². The molecular formula is C27H34N2O2. The van der Waals surface area contributed by atoms with Crippen molar-refractivity contribution < 1.29 is 9.90 Å². The van der Waals surface area contributed by atoms with Gasteiger partial charge in [-0.15, -0.1) is 0 Å². The van der Waals surface area contributed by atoms with Gasteiger partial charge in [0.05, 0.1) is 5.56 Å². The molecule has 0 saturated heterocycles. The van der Waals surface area contributed by atoms with Gasteiger partial charge in [0, 0.05) is 24.7 Å². The average Bonchev–Trinajstić information content (AvgIpc) is 3.56. The summed E-state index contributed by atoms with van der Waals surface area (Å²) in [6.07, 6.45) is 9.41. The Hall–Kier alpha value is -2.43. The Balaban J connectivity index is 1.22. The van der Waals surface area contributed by atoms with Crippen LogP contribution >= 0.6 is 0 Å². The number of hydrogen-bond acceptors (Lipinski definition) is 3. The molecule has 2 saturated carbocycles. The number of carbonyl (C=O) groups is 1. The van der Waals surface area contributed by atoms with E-state index >= 15 is 0 Å². The first-order valence-electron chi connectivity index (χ1n) is 11.7. The van der Waals surface area contributed by atoms with Crippen molar-refractivity contribution in [1.29, 1.82) is 0 Å². The Labute approximate surface area is 185 Å². The van der Waals surface area contributed by atoms with Gasteiger partial charge in [-0.3, -0.25) is 0 Å².